The Hall–Kier alpha value is -2.31. The van der Waals surface area contributed by atoms with Crippen LogP contribution in [-0.4, -0.2) is 20.4 Å². The normalized spacial score (nSPS) is 12.4. The van der Waals surface area contributed by atoms with Crippen LogP contribution in [0.25, 0.3) is 5.69 Å². The zero-order valence-corrected chi connectivity index (χ0v) is 14.4. The molecule has 0 saturated carbocycles. The molecular formula is C17H13ClN4OS. The van der Waals surface area contributed by atoms with E-state index < -0.39 is 0 Å². The second kappa shape index (κ2) is 5.96. The second-order valence-corrected chi connectivity index (χ2v) is 6.77. The van der Waals surface area contributed by atoms with Crippen molar-refractivity contribution in [2.45, 2.75) is 17.6 Å². The number of carbonyl (C=O) groups is 1. The van der Waals surface area contributed by atoms with Crippen molar-refractivity contribution in [1.29, 1.82) is 0 Å². The van der Waals surface area contributed by atoms with E-state index in [0.29, 0.717) is 22.3 Å². The van der Waals surface area contributed by atoms with Crippen molar-refractivity contribution in [3.63, 3.8) is 0 Å². The van der Waals surface area contributed by atoms with E-state index in [9.17, 15) is 4.79 Å². The number of amides is 1. The van der Waals surface area contributed by atoms with Gasteiger partial charge in [0.1, 0.15) is 11.0 Å². The first-order valence-electron chi connectivity index (χ1n) is 7.37. The fourth-order valence-electron chi connectivity index (χ4n) is 2.79. The maximum Gasteiger partial charge on any atom is 0.276 e. The number of aryl methyl sites for hydroxylation is 1. The minimum absolute atomic E-state index is 0.242. The number of aromatic nitrogens is 3. The highest BCUT2D eigenvalue weighted by Gasteiger charge is 2.26. The molecule has 120 valence electrons. The summed E-state index contributed by atoms with van der Waals surface area (Å²) in [6.45, 7) is 1.91. The number of anilines is 1. The van der Waals surface area contributed by atoms with Gasteiger partial charge in [-0.15, -0.1) is 11.8 Å². The largest absolute Gasteiger partial charge is 0.320 e. The first-order chi connectivity index (χ1) is 11.6. The third kappa shape index (κ3) is 2.57. The third-order valence-corrected chi connectivity index (χ3v) is 5.09. The number of nitrogens with one attached hydrogen (secondary N) is 1. The summed E-state index contributed by atoms with van der Waals surface area (Å²) in [5, 5.41) is 3.17. The lowest BCUT2D eigenvalue weighted by molar-refractivity contribution is 0.102. The smallest absolute Gasteiger partial charge is 0.276 e. The summed E-state index contributed by atoms with van der Waals surface area (Å²) in [6.07, 6.45) is 1.55. The molecule has 4 rings (SSSR count). The number of nitrogens with zero attached hydrogens (tertiary/aromatic N) is 3. The highest BCUT2D eigenvalue weighted by atomic mass is 35.5. The van der Waals surface area contributed by atoms with Crippen molar-refractivity contribution < 1.29 is 4.79 Å². The average molecular weight is 357 g/mol. The van der Waals surface area contributed by atoms with E-state index in [0.717, 1.165) is 17.2 Å². The molecule has 2 aromatic heterocycles. The van der Waals surface area contributed by atoms with Crippen LogP contribution in [-0.2, 0) is 5.75 Å². The third-order valence-electron chi connectivity index (χ3n) is 3.81. The van der Waals surface area contributed by atoms with Crippen LogP contribution in [0.4, 0.5) is 5.69 Å². The topological polar surface area (TPSA) is 59.8 Å². The van der Waals surface area contributed by atoms with E-state index in [1.165, 1.54) is 4.90 Å². The van der Waals surface area contributed by atoms with Gasteiger partial charge in [0.05, 0.1) is 11.4 Å². The minimum Gasteiger partial charge on any atom is -0.320 e. The van der Waals surface area contributed by atoms with Crippen LogP contribution in [0.5, 0.6) is 0 Å². The van der Waals surface area contributed by atoms with E-state index in [-0.39, 0.29) is 5.91 Å². The fourth-order valence-corrected chi connectivity index (χ4v) is 4.01. The lowest BCUT2D eigenvalue weighted by atomic mass is 10.2. The Morgan fingerprint density at radius 3 is 3.00 bits per heavy atom. The van der Waals surface area contributed by atoms with Crippen LogP contribution in [0.1, 0.15) is 22.0 Å². The Morgan fingerprint density at radius 1 is 1.33 bits per heavy atom. The summed E-state index contributed by atoms with van der Waals surface area (Å²) in [5.74, 6) is 1.27. The van der Waals surface area contributed by atoms with Gasteiger partial charge in [-0.2, -0.15) is 0 Å². The van der Waals surface area contributed by atoms with E-state index in [4.69, 9.17) is 11.6 Å². The maximum absolute atomic E-state index is 12.7. The lowest BCUT2D eigenvalue weighted by Crippen LogP contribution is -2.16. The number of carbonyl (C=O) groups excluding carboxylic acids is 1. The van der Waals surface area contributed by atoms with Crippen LogP contribution < -0.4 is 5.32 Å². The molecule has 0 bridgehead atoms. The molecule has 1 aliphatic heterocycles. The summed E-state index contributed by atoms with van der Waals surface area (Å²) < 4.78 is 2.06. The summed E-state index contributed by atoms with van der Waals surface area (Å²) in [7, 11) is 0. The average Bonchev–Trinajstić information content (AvgIpc) is 2.92. The van der Waals surface area contributed by atoms with E-state index >= 15 is 0 Å². The molecule has 1 N–H and O–H groups in total. The molecule has 0 spiro atoms. The summed E-state index contributed by atoms with van der Waals surface area (Å²) in [4.78, 5) is 22.3. The molecule has 5 nitrogen and oxygen atoms in total. The van der Waals surface area contributed by atoms with Crippen molar-refractivity contribution in [3.05, 3.63) is 65.0 Å². The molecule has 3 heterocycles. The zero-order valence-electron chi connectivity index (χ0n) is 12.8. The van der Waals surface area contributed by atoms with Crippen molar-refractivity contribution in [3.8, 4) is 5.69 Å². The Balaban J connectivity index is 1.72. The highest BCUT2D eigenvalue weighted by Crippen LogP contribution is 2.37. The Morgan fingerprint density at radius 2 is 2.17 bits per heavy atom. The van der Waals surface area contributed by atoms with Gasteiger partial charge in [0.2, 0.25) is 0 Å². The number of imidazole rings is 1. The SMILES string of the molecule is Cc1nc(C(=O)Nc2ccnc(Cl)c2)c2n1-c1ccccc1SC2. The number of halogens is 1. The first kappa shape index (κ1) is 15.2. The number of thioether (sulfide) groups is 1. The predicted molar refractivity (Wildman–Crippen MR) is 95.1 cm³/mol. The number of fused-ring (bicyclic) bond motifs is 3. The monoisotopic (exact) mass is 356 g/mol. The number of rotatable bonds is 2. The zero-order chi connectivity index (χ0) is 16.7. The summed E-state index contributed by atoms with van der Waals surface area (Å²) in [5.41, 5.74) is 3.03. The van der Waals surface area contributed by atoms with E-state index in [2.05, 4.69) is 25.9 Å². The Kier molecular flexibility index (Phi) is 3.78. The molecule has 7 heteroatoms. The summed E-state index contributed by atoms with van der Waals surface area (Å²) in [6, 6.07) is 11.4. The van der Waals surface area contributed by atoms with Gasteiger partial charge in [-0.05, 0) is 31.2 Å². The lowest BCUT2D eigenvalue weighted by Gasteiger charge is -2.19. The molecule has 1 aromatic carbocycles. The van der Waals surface area contributed by atoms with E-state index in [1.54, 1.807) is 30.1 Å². The number of pyridine rings is 1. The van der Waals surface area contributed by atoms with Crippen LogP contribution in [0.15, 0.2) is 47.5 Å². The van der Waals surface area contributed by atoms with Crippen LogP contribution in [0, 0.1) is 6.92 Å². The quantitative estimate of drug-likeness (QED) is 0.703. The molecular weight excluding hydrogens is 344 g/mol. The number of hydrogen-bond donors (Lipinski definition) is 1. The highest BCUT2D eigenvalue weighted by molar-refractivity contribution is 7.98. The maximum atomic E-state index is 12.7. The van der Waals surface area contributed by atoms with Crippen LogP contribution in [0.2, 0.25) is 5.15 Å². The van der Waals surface area contributed by atoms with Crippen LogP contribution in [0.3, 0.4) is 0 Å². The molecule has 0 aliphatic carbocycles. The first-order valence-corrected chi connectivity index (χ1v) is 8.73. The molecule has 3 aromatic rings. The van der Waals surface area contributed by atoms with Crippen molar-refractivity contribution in [2.75, 3.05) is 5.32 Å². The standard InChI is InChI=1S/C17H13ClN4OS/c1-10-20-16(17(23)21-11-6-7-19-15(18)8-11)13-9-24-14-5-3-2-4-12(14)22(10)13/h2-8H,9H2,1H3,(H,19,21,23). The Labute approximate surface area is 148 Å². The number of benzene rings is 1. The molecule has 0 unspecified atom stereocenters. The van der Waals surface area contributed by atoms with Gasteiger partial charge in [-0.25, -0.2) is 9.97 Å². The van der Waals surface area contributed by atoms with Crippen molar-refractivity contribution >= 4 is 35.0 Å². The van der Waals surface area contributed by atoms with Gasteiger partial charge in [0, 0.05) is 22.5 Å². The van der Waals surface area contributed by atoms with Crippen molar-refractivity contribution in [2.24, 2.45) is 0 Å². The molecule has 1 amide bonds. The minimum atomic E-state index is -0.242. The number of para-hydroxylation sites is 1. The molecule has 0 fully saturated rings. The predicted octanol–water partition coefficient (Wildman–Crippen LogP) is 4.09. The molecule has 0 radical (unpaired) electrons. The van der Waals surface area contributed by atoms with Crippen molar-refractivity contribution in [1.82, 2.24) is 14.5 Å². The molecule has 0 atom stereocenters. The van der Waals surface area contributed by atoms with Gasteiger partial charge in [-0.1, -0.05) is 23.7 Å². The van der Waals surface area contributed by atoms with Gasteiger partial charge in [0.25, 0.3) is 5.91 Å². The molecule has 24 heavy (non-hydrogen) atoms. The molecule has 0 saturated heterocycles. The van der Waals surface area contributed by atoms with Gasteiger partial charge in [-0.3, -0.25) is 9.36 Å². The number of hydrogen-bond acceptors (Lipinski definition) is 4. The van der Waals surface area contributed by atoms with Gasteiger partial charge >= 0.3 is 0 Å². The summed E-state index contributed by atoms with van der Waals surface area (Å²) >= 11 is 7.58. The van der Waals surface area contributed by atoms with Crippen LogP contribution >= 0.6 is 23.4 Å². The Bertz CT molecular complexity index is 954. The second-order valence-electron chi connectivity index (χ2n) is 5.37. The fraction of sp³-hybridized carbons (Fsp3) is 0.118. The van der Waals surface area contributed by atoms with E-state index in [1.807, 2.05) is 25.1 Å². The van der Waals surface area contributed by atoms with Gasteiger partial charge in [0.15, 0.2) is 5.69 Å². The van der Waals surface area contributed by atoms with Gasteiger partial charge < -0.3 is 5.32 Å². The molecule has 1 aliphatic rings.